The number of carbonyl (C=O) groups excluding carboxylic acids is 1. The Labute approximate surface area is 194 Å². The van der Waals surface area contributed by atoms with Gasteiger partial charge in [-0.25, -0.2) is 13.8 Å². The molecule has 1 aliphatic rings. The number of hydrogen-bond acceptors (Lipinski definition) is 6. The number of amides is 1. The maximum atomic E-state index is 13.4. The van der Waals surface area contributed by atoms with Gasteiger partial charge in [0, 0.05) is 36.7 Å². The molecule has 0 spiro atoms. The number of carbonyl (C=O) groups is 1. The first-order chi connectivity index (χ1) is 15.8. The molecule has 2 atom stereocenters. The average molecular weight is 474 g/mol. The highest BCUT2D eigenvalue weighted by atomic mass is 32.1. The van der Waals surface area contributed by atoms with Crippen LogP contribution in [-0.4, -0.2) is 52.2 Å². The van der Waals surface area contributed by atoms with E-state index in [1.54, 1.807) is 37.4 Å². The van der Waals surface area contributed by atoms with Crippen LogP contribution in [0.2, 0.25) is 0 Å². The SMILES string of the molecule is C[C@]1(O)CN(CC(=O)Nc2ncc(Cc3ccc(F)cc3)s2)CC[C@@H]1Oc1cccc(F)c1. The number of ether oxygens (including phenoxy) is 1. The molecule has 1 aliphatic heterocycles. The van der Waals surface area contributed by atoms with Crippen LogP contribution in [-0.2, 0) is 11.2 Å². The molecule has 6 nitrogen and oxygen atoms in total. The first-order valence-corrected chi connectivity index (χ1v) is 11.4. The van der Waals surface area contributed by atoms with E-state index in [4.69, 9.17) is 4.74 Å². The molecule has 2 N–H and O–H groups in total. The second kappa shape index (κ2) is 9.94. The van der Waals surface area contributed by atoms with Gasteiger partial charge in [-0.1, -0.05) is 18.2 Å². The van der Waals surface area contributed by atoms with Crippen molar-refractivity contribution in [2.24, 2.45) is 0 Å². The molecule has 9 heteroatoms. The highest BCUT2D eigenvalue weighted by Crippen LogP contribution is 2.27. The third-order valence-corrected chi connectivity index (χ3v) is 6.39. The van der Waals surface area contributed by atoms with Gasteiger partial charge in [0.15, 0.2) is 5.13 Å². The highest BCUT2D eigenvalue weighted by Gasteiger charge is 2.40. The summed E-state index contributed by atoms with van der Waals surface area (Å²) in [6.07, 6.45) is 2.29. The molecule has 0 aliphatic carbocycles. The Morgan fingerprint density at radius 3 is 2.79 bits per heavy atom. The molecule has 2 heterocycles. The molecular formula is C24H25F2N3O3S. The summed E-state index contributed by atoms with van der Waals surface area (Å²) in [5.74, 6) is -0.534. The predicted octanol–water partition coefficient (Wildman–Crippen LogP) is 3.85. The molecule has 1 fully saturated rings. The molecule has 33 heavy (non-hydrogen) atoms. The number of halogens is 2. The third kappa shape index (κ3) is 6.34. The van der Waals surface area contributed by atoms with E-state index in [1.807, 2.05) is 4.90 Å². The van der Waals surface area contributed by atoms with Crippen molar-refractivity contribution in [1.29, 1.82) is 0 Å². The summed E-state index contributed by atoms with van der Waals surface area (Å²) in [6.45, 7) is 2.56. The van der Waals surface area contributed by atoms with E-state index in [-0.39, 0.29) is 24.8 Å². The number of piperidine rings is 1. The van der Waals surface area contributed by atoms with E-state index < -0.39 is 17.5 Å². The lowest BCUT2D eigenvalue weighted by atomic mass is 9.91. The molecule has 4 rings (SSSR count). The van der Waals surface area contributed by atoms with E-state index in [0.29, 0.717) is 30.3 Å². The molecule has 2 aromatic carbocycles. The van der Waals surface area contributed by atoms with Crippen molar-refractivity contribution in [2.45, 2.75) is 31.5 Å². The Balaban J connectivity index is 1.28. The summed E-state index contributed by atoms with van der Waals surface area (Å²) >= 11 is 1.37. The molecule has 1 aromatic heterocycles. The summed E-state index contributed by atoms with van der Waals surface area (Å²) < 4.78 is 32.3. The molecule has 1 amide bonds. The number of rotatable bonds is 7. The van der Waals surface area contributed by atoms with Crippen molar-refractivity contribution < 1.29 is 23.4 Å². The highest BCUT2D eigenvalue weighted by molar-refractivity contribution is 7.15. The molecule has 174 valence electrons. The lowest BCUT2D eigenvalue weighted by Crippen LogP contribution is -2.58. The minimum absolute atomic E-state index is 0.107. The van der Waals surface area contributed by atoms with Gasteiger partial charge in [0.1, 0.15) is 29.1 Å². The van der Waals surface area contributed by atoms with Gasteiger partial charge in [-0.2, -0.15) is 0 Å². The van der Waals surface area contributed by atoms with Crippen molar-refractivity contribution >= 4 is 22.4 Å². The molecule has 1 saturated heterocycles. The number of aromatic nitrogens is 1. The Morgan fingerprint density at radius 1 is 1.27 bits per heavy atom. The van der Waals surface area contributed by atoms with Gasteiger partial charge < -0.3 is 15.2 Å². The summed E-state index contributed by atoms with van der Waals surface area (Å²) in [4.78, 5) is 19.6. The van der Waals surface area contributed by atoms with Gasteiger partial charge in [0.05, 0.1) is 6.54 Å². The van der Waals surface area contributed by atoms with E-state index in [2.05, 4.69) is 10.3 Å². The van der Waals surface area contributed by atoms with Crippen LogP contribution in [0.3, 0.4) is 0 Å². The number of thiazole rings is 1. The fourth-order valence-electron chi connectivity index (χ4n) is 3.88. The van der Waals surface area contributed by atoms with Crippen molar-refractivity contribution in [3.8, 4) is 5.75 Å². The summed E-state index contributed by atoms with van der Waals surface area (Å²) in [7, 11) is 0. The second-order valence-corrected chi connectivity index (χ2v) is 9.52. The van der Waals surface area contributed by atoms with Crippen LogP contribution >= 0.6 is 11.3 Å². The zero-order valence-electron chi connectivity index (χ0n) is 18.1. The van der Waals surface area contributed by atoms with E-state index in [1.165, 1.54) is 35.6 Å². The van der Waals surface area contributed by atoms with E-state index in [9.17, 15) is 18.7 Å². The van der Waals surface area contributed by atoms with Crippen LogP contribution in [0, 0.1) is 11.6 Å². The van der Waals surface area contributed by atoms with Crippen molar-refractivity contribution in [1.82, 2.24) is 9.88 Å². The number of likely N-dealkylation sites (tertiary alicyclic amines) is 1. The van der Waals surface area contributed by atoms with Crippen LogP contribution in [0.4, 0.5) is 13.9 Å². The molecule has 0 unspecified atom stereocenters. The predicted molar refractivity (Wildman–Crippen MR) is 122 cm³/mol. The largest absolute Gasteiger partial charge is 0.487 e. The second-order valence-electron chi connectivity index (χ2n) is 8.40. The quantitative estimate of drug-likeness (QED) is 0.545. The molecular weight excluding hydrogens is 448 g/mol. The van der Waals surface area contributed by atoms with Gasteiger partial charge in [0.25, 0.3) is 0 Å². The molecule has 0 saturated carbocycles. The zero-order valence-corrected chi connectivity index (χ0v) is 18.9. The Kier molecular flexibility index (Phi) is 7.02. The third-order valence-electron chi connectivity index (χ3n) is 5.48. The Bertz CT molecular complexity index is 1100. The maximum Gasteiger partial charge on any atom is 0.240 e. The monoisotopic (exact) mass is 473 g/mol. The number of β-amino-alcohol motifs (C(OH)–C–C–N with tert-alkyl or cyclic N) is 1. The van der Waals surface area contributed by atoms with Crippen LogP contribution < -0.4 is 10.1 Å². The maximum absolute atomic E-state index is 13.4. The summed E-state index contributed by atoms with van der Waals surface area (Å²) in [5.41, 5.74) is -0.238. The Morgan fingerprint density at radius 2 is 2.06 bits per heavy atom. The lowest BCUT2D eigenvalue weighted by molar-refractivity contribution is -0.123. The topological polar surface area (TPSA) is 74.7 Å². The van der Waals surface area contributed by atoms with Gasteiger partial charge in [-0.05, 0) is 43.2 Å². The van der Waals surface area contributed by atoms with Crippen molar-refractivity contribution in [2.75, 3.05) is 25.0 Å². The molecule has 0 bridgehead atoms. The minimum Gasteiger partial charge on any atom is -0.487 e. The first-order valence-electron chi connectivity index (χ1n) is 10.6. The first kappa shape index (κ1) is 23.3. The van der Waals surface area contributed by atoms with Gasteiger partial charge in [-0.15, -0.1) is 11.3 Å². The average Bonchev–Trinajstić information content (AvgIpc) is 3.18. The number of nitrogens with zero attached hydrogens (tertiary/aromatic N) is 2. The number of hydrogen-bond donors (Lipinski definition) is 2. The molecule has 0 radical (unpaired) electrons. The van der Waals surface area contributed by atoms with E-state index >= 15 is 0 Å². The summed E-state index contributed by atoms with van der Waals surface area (Å²) in [5, 5.41) is 14.2. The Hall–Kier alpha value is -2.88. The van der Waals surface area contributed by atoms with Gasteiger partial charge in [0.2, 0.25) is 5.91 Å². The van der Waals surface area contributed by atoms with Crippen LogP contribution in [0.1, 0.15) is 23.8 Å². The smallest absolute Gasteiger partial charge is 0.240 e. The number of aliphatic hydroxyl groups is 1. The van der Waals surface area contributed by atoms with E-state index in [0.717, 1.165) is 10.4 Å². The van der Waals surface area contributed by atoms with Crippen LogP contribution in [0.25, 0.3) is 0 Å². The van der Waals surface area contributed by atoms with Crippen LogP contribution in [0.5, 0.6) is 5.75 Å². The van der Waals surface area contributed by atoms with Gasteiger partial charge in [-0.3, -0.25) is 9.69 Å². The van der Waals surface area contributed by atoms with Crippen molar-refractivity contribution in [3.05, 3.63) is 76.8 Å². The number of nitrogens with one attached hydrogen (secondary N) is 1. The fourth-order valence-corrected chi connectivity index (χ4v) is 4.74. The minimum atomic E-state index is -1.20. The normalized spacial score (nSPS) is 21.0. The van der Waals surface area contributed by atoms with Gasteiger partial charge >= 0.3 is 0 Å². The zero-order chi connectivity index (χ0) is 23.4. The molecule has 3 aromatic rings. The van der Waals surface area contributed by atoms with Crippen molar-refractivity contribution in [3.63, 3.8) is 0 Å². The fraction of sp³-hybridized carbons (Fsp3) is 0.333. The number of benzene rings is 2. The van der Waals surface area contributed by atoms with Crippen LogP contribution in [0.15, 0.2) is 54.7 Å². The standard InChI is InChI=1S/C24H25F2N3O3S/c1-24(31)15-29(10-9-21(24)32-19-4-2-3-18(26)12-19)14-22(30)28-23-27-13-20(33-23)11-16-5-7-17(25)8-6-16/h2-8,12-13,21,31H,9-11,14-15H2,1H3,(H,27,28,30)/t21-,24-/m0/s1. The lowest BCUT2D eigenvalue weighted by Gasteiger charge is -2.42. The number of anilines is 1. The summed E-state index contributed by atoms with van der Waals surface area (Å²) in [6, 6.07) is 12.1.